The summed E-state index contributed by atoms with van der Waals surface area (Å²) in [6.45, 7) is 0.786. The van der Waals surface area contributed by atoms with Crippen LogP contribution in [0.4, 0.5) is 0 Å². The van der Waals surface area contributed by atoms with E-state index in [4.69, 9.17) is 16.3 Å². The molecule has 1 nitrogen and oxygen atoms in total. The van der Waals surface area contributed by atoms with Crippen LogP contribution in [0.1, 0.15) is 25.7 Å². The fourth-order valence-corrected chi connectivity index (χ4v) is 2.25. The second-order valence-corrected chi connectivity index (χ2v) is 4.71. The van der Waals surface area contributed by atoms with E-state index in [1.165, 1.54) is 12.0 Å². The summed E-state index contributed by atoms with van der Waals surface area (Å²) in [5.41, 5.74) is 1.50. The van der Waals surface area contributed by atoms with Crippen LogP contribution in [-0.2, 0) is 0 Å². The van der Waals surface area contributed by atoms with Crippen molar-refractivity contribution in [1.29, 1.82) is 0 Å². The second-order valence-electron chi connectivity index (χ2n) is 4.14. The number of hydrogen-bond donors (Lipinski definition) is 0. The first-order valence-electron chi connectivity index (χ1n) is 5.86. The van der Waals surface area contributed by atoms with Crippen LogP contribution in [-0.4, -0.2) is 12.0 Å². The number of hydrogen-bond acceptors (Lipinski definition) is 1. The number of para-hydroxylation sites is 1. The summed E-state index contributed by atoms with van der Waals surface area (Å²) in [6.07, 6.45) is 6.67. The summed E-state index contributed by atoms with van der Waals surface area (Å²) < 4.78 is 5.63. The minimum Gasteiger partial charge on any atom is -0.494 e. The van der Waals surface area contributed by atoms with Crippen molar-refractivity contribution >= 4 is 11.6 Å². The molecule has 86 valence electrons. The topological polar surface area (TPSA) is 9.23 Å². The highest BCUT2D eigenvalue weighted by molar-refractivity contribution is 6.22. The van der Waals surface area contributed by atoms with Gasteiger partial charge in [0.05, 0.1) is 12.0 Å². The molecule has 0 saturated carbocycles. The van der Waals surface area contributed by atoms with Gasteiger partial charge in [-0.25, -0.2) is 0 Å². The first-order valence-corrected chi connectivity index (χ1v) is 6.30. The number of ether oxygens (including phenoxy) is 1. The van der Waals surface area contributed by atoms with Crippen molar-refractivity contribution in [3.8, 4) is 5.75 Å². The highest BCUT2D eigenvalue weighted by atomic mass is 35.5. The lowest BCUT2D eigenvalue weighted by atomic mass is 10.1. The van der Waals surface area contributed by atoms with Gasteiger partial charge in [0.15, 0.2) is 0 Å². The maximum Gasteiger partial charge on any atom is 0.119 e. The molecule has 1 aliphatic carbocycles. The van der Waals surface area contributed by atoms with Gasteiger partial charge in [0.2, 0.25) is 0 Å². The summed E-state index contributed by atoms with van der Waals surface area (Å²) >= 11 is 6.01. The predicted molar refractivity (Wildman–Crippen MR) is 68.1 cm³/mol. The molecular weight excluding hydrogens is 220 g/mol. The SMILES string of the molecule is ClC1C=C(CCCOc2ccccc2)CC1. The van der Waals surface area contributed by atoms with Crippen LogP contribution in [0.3, 0.4) is 0 Å². The van der Waals surface area contributed by atoms with Crippen molar-refractivity contribution in [1.82, 2.24) is 0 Å². The molecule has 0 aliphatic heterocycles. The molecule has 0 spiro atoms. The Labute approximate surface area is 102 Å². The number of halogens is 1. The molecule has 0 amide bonds. The van der Waals surface area contributed by atoms with Crippen LogP contribution in [0, 0.1) is 0 Å². The number of rotatable bonds is 5. The van der Waals surface area contributed by atoms with Gasteiger partial charge in [0.25, 0.3) is 0 Å². The molecule has 16 heavy (non-hydrogen) atoms. The number of benzene rings is 1. The highest BCUT2D eigenvalue weighted by Crippen LogP contribution is 2.25. The predicted octanol–water partition coefficient (Wildman–Crippen LogP) is 4.17. The Kier molecular flexibility index (Phi) is 4.29. The quantitative estimate of drug-likeness (QED) is 0.424. The Morgan fingerprint density at radius 2 is 2.06 bits per heavy atom. The van der Waals surface area contributed by atoms with Gasteiger partial charge in [-0.2, -0.15) is 0 Å². The van der Waals surface area contributed by atoms with E-state index in [2.05, 4.69) is 6.08 Å². The van der Waals surface area contributed by atoms with Gasteiger partial charge in [0.1, 0.15) is 5.75 Å². The van der Waals surface area contributed by atoms with Crippen LogP contribution >= 0.6 is 11.6 Å². The molecular formula is C14H17ClO. The van der Waals surface area contributed by atoms with Crippen LogP contribution in [0.5, 0.6) is 5.75 Å². The lowest BCUT2D eigenvalue weighted by Crippen LogP contribution is -1.97. The first kappa shape index (κ1) is 11.5. The second kappa shape index (κ2) is 5.95. The van der Waals surface area contributed by atoms with Crippen LogP contribution < -0.4 is 4.74 Å². The maximum atomic E-state index is 6.01. The largest absolute Gasteiger partial charge is 0.494 e. The molecule has 0 N–H and O–H groups in total. The molecule has 0 heterocycles. The number of alkyl halides is 1. The maximum absolute atomic E-state index is 6.01. The minimum atomic E-state index is 0.269. The van der Waals surface area contributed by atoms with Gasteiger partial charge in [-0.1, -0.05) is 29.8 Å². The molecule has 2 rings (SSSR count). The average molecular weight is 237 g/mol. The van der Waals surface area contributed by atoms with E-state index in [0.29, 0.717) is 0 Å². The Bertz CT molecular complexity index is 345. The molecule has 1 aromatic rings. The Hall–Kier alpha value is -0.950. The van der Waals surface area contributed by atoms with Crippen molar-refractivity contribution in [3.05, 3.63) is 42.0 Å². The minimum absolute atomic E-state index is 0.269. The summed E-state index contributed by atoms with van der Waals surface area (Å²) in [4.78, 5) is 0. The van der Waals surface area contributed by atoms with Crippen molar-refractivity contribution in [2.45, 2.75) is 31.1 Å². The normalized spacial score (nSPS) is 19.6. The third-order valence-corrected chi connectivity index (χ3v) is 3.16. The molecule has 1 atom stereocenters. The molecule has 1 unspecified atom stereocenters. The zero-order valence-corrected chi connectivity index (χ0v) is 10.1. The van der Waals surface area contributed by atoms with E-state index in [0.717, 1.165) is 31.6 Å². The van der Waals surface area contributed by atoms with Crippen molar-refractivity contribution in [3.63, 3.8) is 0 Å². The fraction of sp³-hybridized carbons (Fsp3) is 0.429. The average Bonchev–Trinajstić information content (AvgIpc) is 2.72. The highest BCUT2D eigenvalue weighted by Gasteiger charge is 2.12. The van der Waals surface area contributed by atoms with E-state index >= 15 is 0 Å². The van der Waals surface area contributed by atoms with E-state index in [1.807, 2.05) is 30.3 Å². The molecule has 0 aromatic heterocycles. The van der Waals surface area contributed by atoms with E-state index in [9.17, 15) is 0 Å². The molecule has 1 aliphatic rings. The zero-order valence-electron chi connectivity index (χ0n) is 9.36. The van der Waals surface area contributed by atoms with Crippen molar-refractivity contribution in [2.75, 3.05) is 6.61 Å². The lowest BCUT2D eigenvalue weighted by Gasteiger charge is -2.05. The molecule has 1 aromatic carbocycles. The van der Waals surface area contributed by atoms with Crippen molar-refractivity contribution in [2.24, 2.45) is 0 Å². The van der Waals surface area contributed by atoms with Crippen molar-refractivity contribution < 1.29 is 4.74 Å². The van der Waals surface area contributed by atoms with Gasteiger partial charge in [0, 0.05) is 0 Å². The third kappa shape index (κ3) is 3.57. The molecule has 0 bridgehead atoms. The van der Waals surface area contributed by atoms with E-state index in [-0.39, 0.29) is 5.38 Å². The zero-order chi connectivity index (χ0) is 11.2. The smallest absolute Gasteiger partial charge is 0.119 e. The van der Waals surface area contributed by atoms with Gasteiger partial charge in [-0.15, -0.1) is 11.6 Å². The van der Waals surface area contributed by atoms with E-state index < -0.39 is 0 Å². The van der Waals surface area contributed by atoms with Gasteiger partial charge in [-0.3, -0.25) is 0 Å². The van der Waals surface area contributed by atoms with Crippen LogP contribution in [0.15, 0.2) is 42.0 Å². The van der Waals surface area contributed by atoms with Gasteiger partial charge >= 0.3 is 0 Å². The van der Waals surface area contributed by atoms with Crippen LogP contribution in [0.25, 0.3) is 0 Å². The third-order valence-electron chi connectivity index (χ3n) is 2.81. The van der Waals surface area contributed by atoms with Crippen LogP contribution in [0.2, 0.25) is 0 Å². The summed E-state index contributed by atoms with van der Waals surface area (Å²) in [6, 6.07) is 9.96. The molecule has 0 saturated heterocycles. The number of allylic oxidation sites excluding steroid dienone is 2. The lowest BCUT2D eigenvalue weighted by molar-refractivity contribution is 0.310. The first-order chi connectivity index (χ1) is 7.84. The Morgan fingerprint density at radius 1 is 1.25 bits per heavy atom. The Balaban J connectivity index is 1.64. The monoisotopic (exact) mass is 236 g/mol. The van der Waals surface area contributed by atoms with E-state index in [1.54, 1.807) is 0 Å². The summed E-state index contributed by atoms with van der Waals surface area (Å²) in [5.74, 6) is 0.957. The molecule has 0 radical (unpaired) electrons. The Morgan fingerprint density at radius 3 is 2.75 bits per heavy atom. The summed E-state index contributed by atoms with van der Waals surface area (Å²) in [5, 5.41) is 0.269. The van der Waals surface area contributed by atoms with Gasteiger partial charge < -0.3 is 4.74 Å². The standard InChI is InChI=1S/C14H17ClO/c15-13-9-8-12(11-13)5-4-10-16-14-6-2-1-3-7-14/h1-3,6-7,11,13H,4-5,8-10H2. The summed E-state index contributed by atoms with van der Waals surface area (Å²) in [7, 11) is 0. The molecule has 0 fully saturated rings. The molecule has 2 heteroatoms. The van der Waals surface area contributed by atoms with Gasteiger partial charge in [-0.05, 0) is 37.8 Å². The fourth-order valence-electron chi connectivity index (χ4n) is 1.96.